The van der Waals surface area contributed by atoms with Crippen LogP contribution in [-0.4, -0.2) is 13.2 Å². The van der Waals surface area contributed by atoms with E-state index in [1.54, 1.807) is 7.11 Å². The van der Waals surface area contributed by atoms with E-state index in [0.29, 0.717) is 16.9 Å². The maximum atomic E-state index is 5.15. The Morgan fingerprint density at radius 2 is 1.59 bits per heavy atom. The van der Waals surface area contributed by atoms with Gasteiger partial charge in [-0.3, -0.25) is 0 Å². The van der Waals surface area contributed by atoms with Crippen LogP contribution in [0.5, 0.6) is 5.75 Å². The molecule has 0 atom stereocenters. The highest BCUT2D eigenvalue weighted by Crippen LogP contribution is 2.62. The summed E-state index contributed by atoms with van der Waals surface area (Å²) in [4.78, 5) is 0. The predicted molar refractivity (Wildman–Crippen MR) is 71.2 cm³/mol. The summed E-state index contributed by atoms with van der Waals surface area (Å²) in [5.41, 5.74) is 2.11. The Balaban J connectivity index is 1.91. The van der Waals surface area contributed by atoms with E-state index in [1.165, 1.54) is 5.56 Å². The van der Waals surface area contributed by atoms with E-state index in [9.17, 15) is 0 Å². The molecule has 0 amide bonds. The Morgan fingerprint density at radius 1 is 1.06 bits per heavy atom. The first-order chi connectivity index (χ1) is 7.89. The van der Waals surface area contributed by atoms with E-state index in [0.717, 1.165) is 12.3 Å². The molecular weight excluding hydrogens is 210 g/mol. The molecular formula is C15H23NO. The van der Waals surface area contributed by atoms with Crippen LogP contribution < -0.4 is 10.1 Å². The highest BCUT2D eigenvalue weighted by Gasteiger charge is 2.64. The summed E-state index contributed by atoms with van der Waals surface area (Å²) in [5.74, 6) is 0.917. The van der Waals surface area contributed by atoms with Crippen LogP contribution in [0.4, 0.5) is 0 Å². The number of nitrogens with one attached hydrogen (secondary N) is 1. The molecule has 1 N–H and O–H groups in total. The molecule has 0 unspecified atom stereocenters. The molecule has 0 aromatic heterocycles. The average molecular weight is 233 g/mol. The normalized spacial score (nSPS) is 21.2. The van der Waals surface area contributed by atoms with Gasteiger partial charge in [-0.25, -0.2) is 0 Å². The highest BCUT2D eigenvalue weighted by molar-refractivity contribution is 5.27. The van der Waals surface area contributed by atoms with Gasteiger partial charge in [0.2, 0.25) is 0 Å². The Morgan fingerprint density at radius 3 is 2.00 bits per heavy atom. The number of hydrogen-bond donors (Lipinski definition) is 1. The zero-order chi connectivity index (χ0) is 12.7. The van der Waals surface area contributed by atoms with Gasteiger partial charge in [0.15, 0.2) is 0 Å². The van der Waals surface area contributed by atoms with Crippen LogP contribution >= 0.6 is 0 Å². The third-order valence-electron chi connectivity index (χ3n) is 4.69. The number of benzene rings is 1. The number of rotatable bonds is 4. The smallest absolute Gasteiger partial charge is 0.118 e. The summed E-state index contributed by atoms with van der Waals surface area (Å²) < 4.78 is 5.15. The molecule has 94 valence electrons. The first kappa shape index (κ1) is 12.4. The largest absolute Gasteiger partial charge is 0.497 e. The molecule has 1 aromatic rings. The molecule has 0 bridgehead atoms. The lowest BCUT2D eigenvalue weighted by atomic mass is 10.0. The van der Waals surface area contributed by atoms with E-state index < -0.39 is 0 Å². The number of ether oxygens (including phenoxy) is 1. The van der Waals surface area contributed by atoms with Crippen molar-refractivity contribution < 1.29 is 4.74 Å². The second-order valence-electron chi connectivity index (χ2n) is 6.11. The van der Waals surface area contributed by atoms with Crippen LogP contribution in [0.25, 0.3) is 0 Å². The van der Waals surface area contributed by atoms with E-state index in [4.69, 9.17) is 4.74 Å². The summed E-state index contributed by atoms with van der Waals surface area (Å²) in [5, 5.41) is 3.65. The predicted octanol–water partition coefficient (Wildman–Crippen LogP) is 3.22. The van der Waals surface area contributed by atoms with Crippen LogP contribution in [0.3, 0.4) is 0 Å². The van der Waals surface area contributed by atoms with Crippen molar-refractivity contribution in [2.45, 2.75) is 40.3 Å². The first-order valence-electron chi connectivity index (χ1n) is 6.26. The average Bonchev–Trinajstić information content (AvgIpc) is 2.68. The number of methoxy groups -OCH3 is 1. The van der Waals surface area contributed by atoms with E-state index in [2.05, 4.69) is 45.1 Å². The zero-order valence-electron chi connectivity index (χ0n) is 11.5. The van der Waals surface area contributed by atoms with Crippen molar-refractivity contribution in [3.05, 3.63) is 29.8 Å². The summed E-state index contributed by atoms with van der Waals surface area (Å²) in [7, 11) is 1.70. The molecule has 1 aliphatic carbocycles. The molecule has 17 heavy (non-hydrogen) atoms. The fraction of sp³-hybridized carbons (Fsp3) is 0.600. The second-order valence-corrected chi connectivity index (χ2v) is 6.11. The fourth-order valence-corrected chi connectivity index (χ4v) is 2.67. The molecule has 2 nitrogen and oxygen atoms in total. The molecule has 1 aromatic carbocycles. The fourth-order valence-electron chi connectivity index (χ4n) is 2.67. The molecule has 0 spiro atoms. The Kier molecular flexibility index (Phi) is 2.94. The van der Waals surface area contributed by atoms with Gasteiger partial charge >= 0.3 is 0 Å². The Hall–Kier alpha value is -1.02. The molecule has 0 aliphatic heterocycles. The van der Waals surface area contributed by atoms with E-state index >= 15 is 0 Å². The monoisotopic (exact) mass is 233 g/mol. The van der Waals surface area contributed by atoms with E-state index in [-0.39, 0.29) is 0 Å². The van der Waals surface area contributed by atoms with Crippen molar-refractivity contribution in [1.82, 2.24) is 5.32 Å². The molecule has 2 rings (SSSR count). The molecule has 1 aliphatic rings. The van der Waals surface area contributed by atoms with Crippen LogP contribution in [-0.2, 0) is 6.54 Å². The first-order valence-corrected chi connectivity index (χ1v) is 6.26. The summed E-state index contributed by atoms with van der Waals surface area (Å²) in [6.45, 7) is 10.3. The van der Waals surface area contributed by atoms with Gasteiger partial charge in [-0.1, -0.05) is 39.8 Å². The minimum absolute atomic E-state index is 0.402. The van der Waals surface area contributed by atoms with Gasteiger partial charge in [-0.15, -0.1) is 0 Å². The SMILES string of the molecule is COc1ccc(CNC2C(C)(C)C2(C)C)cc1. The topological polar surface area (TPSA) is 21.3 Å². The molecule has 0 saturated heterocycles. The minimum Gasteiger partial charge on any atom is -0.497 e. The zero-order valence-corrected chi connectivity index (χ0v) is 11.5. The van der Waals surface area contributed by atoms with Gasteiger partial charge in [0.05, 0.1) is 7.11 Å². The van der Waals surface area contributed by atoms with Gasteiger partial charge in [-0.05, 0) is 28.5 Å². The molecule has 2 heteroatoms. The summed E-state index contributed by atoms with van der Waals surface area (Å²) >= 11 is 0. The summed E-state index contributed by atoms with van der Waals surface area (Å²) in [6.07, 6.45) is 0. The van der Waals surface area contributed by atoms with Gasteiger partial charge in [0, 0.05) is 12.6 Å². The lowest BCUT2D eigenvalue weighted by molar-refractivity contribution is 0.414. The maximum Gasteiger partial charge on any atom is 0.118 e. The molecule has 0 heterocycles. The molecule has 0 radical (unpaired) electrons. The summed E-state index contributed by atoms with van der Waals surface area (Å²) in [6, 6.07) is 8.88. The van der Waals surface area contributed by atoms with Crippen molar-refractivity contribution in [3.8, 4) is 5.75 Å². The van der Waals surface area contributed by atoms with Crippen molar-refractivity contribution in [1.29, 1.82) is 0 Å². The third kappa shape index (κ3) is 2.06. The van der Waals surface area contributed by atoms with Gasteiger partial charge in [-0.2, -0.15) is 0 Å². The second kappa shape index (κ2) is 4.02. The highest BCUT2D eigenvalue weighted by atomic mass is 16.5. The van der Waals surface area contributed by atoms with Gasteiger partial charge < -0.3 is 10.1 Å². The Bertz CT molecular complexity index is 378. The lowest BCUT2D eigenvalue weighted by Gasteiger charge is -2.07. The molecule has 1 saturated carbocycles. The van der Waals surface area contributed by atoms with Crippen LogP contribution in [0, 0.1) is 10.8 Å². The van der Waals surface area contributed by atoms with Crippen LogP contribution in [0.15, 0.2) is 24.3 Å². The minimum atomic E-state index is 0.402. The number of hydrogen-bond acceptors (Lipinski definition) is 2. The van der Waals surface area contributed by atoms with Crippen molar-refractivity contribution in [3.63, 3.8) is 0 Å². The van der Waals surface area contributed by atoms with Crippen molar-refractivity contribution in [2.75, 3.05) is 7.11 Å². The third-order valence-corrected chi connectivity index (χ3v) is 4.69. The standard InChI is InChI=1S/C15H23NO/c1-14(2)13(15(14,3)4)16-10-11-6-8-12(17-5)9-7-11/h6-9,13,16H,10H2,1-5H3. The molecule has 1 fully saturated rings. The maximum absolute atomic E-state index is 5.15. The quantitative estimate of drug-likeness (QED) is 0.862. The Labute approximate surface area is 104 Å². The van der Waals surface area contributed by atoms with Gasteiger partial charge in [0.25, 0.3) is 0 Å². The van der Waals surface area contributed by atoms with Crippen molar-refractivity contribution in [2.24, 2.45) is 10.8 Å². The lowest BCUT2D eigenvalue weighted by Crippen LogP contribution is -2.21. The van der Waals surface area contributed by atoms with E-state index in [1.807, 2.05) is 12.1 Å². The van der Waals surface area contributed by atoms with Gasteiger partial charge in [0.1, 0.15) is 5.75 Å². The van der Waals surface area contributed by atoms with Crippen LogP contribution in [0.2, 0.25) is 0 Å². The van der Waals surface area contributed by atoms with Crippen molar-refractivity contribution >= 4 is 0 Å². The van der Waals surface area contributed by atoms with Crippen LogP contribution in [0.1, 0.15) is 33.3 Å².